The quantitative estimate of drug-likeness (QED) is 0.815. The van der Waals surface area contributed by atoms with Crippen molar-refractivity contribution in [3.05, 3.63) is 24.3 Å². The van der Waals surface area contributed by atoms with Crippen molar-refractivity contribution in [2.75, 3.05) is 6.54 Å². The van der Waals surface area contributed by atoms with Crippen LogP contribution in [0.2, 0.25) is 0 Å². The minimum atomic E-state index is -0.507. The van der Waals surface area contributed by atoms with Gasteiger partial charge < -0.3 is 5.32 Å². The fraction of sp³-hybridized carbons (Fsp3) is 0.273. The van der Waals surface area contributed by atoms with Gasteiger partial charge in [-0.05, 0) is 19.1 Å². The normalized spacial score (nSPS) is 10.3. The average Bonchev–Trinajstić information content (AvgIpc) is 2.73. The Morgan fingerprint density at radius 1 is 1.33 bits per heavy atom. The van der Waals surface area contributed by atoms with E-state index in [0.29, 0.717) is 12.1 Å². The van der Waals surface area contributed by atoms with Crippen LogP contribution in [0.25, 0.3) is 11.0 Å². The van der Waals surface area contributed by atoms with E-state index in [4.69, 9.17) is 0 Å². The van der Waals surface area contributed by atoms with Gasteiger partial charge in [0, 0.05) is 6.54 Å². The van der Waals surface area contributed by atoms with E-state index in [1.807, 2.05) is 18.2 Å². The highest BCUT2D eigenvalue weighted by atomic mass is 16.2. The molecule has 1 heterocycles. The van der Waals surface area contributed by atoms with Gasteiger partial charge in [0.25, 0.3) is 0 Å². The molecule has 0 fully saturated rings. The number of hydrogen-bond acceptors (Lipinski definition) is 4. The molecule has 7 heteroatoms. The van der Waals surface area contributed by atoms with Crippen molar-refractivity contribution >= 4 is 23.0 Å². The molecule has 0 aliphatic rings. The zero-order valence-corrected chi connectivity index (χ0v) is 9.88. The third-order valence-electron chi connectivity index (χ3n) is 2.30. The molecule has 0 saturated heterocycles. The molecule has 1 aromatic carbocycles. The SMILES string of the molecule is CCNC(=O)NC(=O)Cn1nnc2ccccc21. The van der Waals surface area contributed by atoms with Crippen LogP contribution in [0, 0.1) is 0 Å². The van der Waals surface area contributed by atoms with Crippen molar-refractivity contribution in [1.29, 1.82) is 0 Å². The number of fused-ring (bicyclic) bond motifs is 1. The van der Waals surface area contributed by atoms with Gasteiger partial charge in [0.05, 0.1) is 5.52 Å². The summed E-state index contributed by atoms with van der Waals surface area (Å²) >= 11 is 0. The fourth-order valence-corrected chi connectivity index (χ4v) is 1.54. The molecule has 3 amide bonds. The highest BCUT2D eigenvalue weighted by Crippen LogP contribution is 2.08. The molecule has 1 aromatic heterocycles. The standard InChI is InChI=1S/C11H13N5O2/c1-2-12-11(18)13-10(17)7-16-9-6-4-3-5-8(9)14-15-16/h3-6H,2,7H2,1H3,(H2,12,13,17,18). The van der Waals surface area contributed by atoms with Crippen molar-refractivity contribution in [2.24, 2.45) is 0 Å². The Bertz CT molecular complexity index is 578. The molecule has 0 unspecified atom stereocenters. The van der Waals surface area contributed by atoms with Crippen LogP contribution >= 0.6 is 0 Å². The average molecular weight is 247 g/mol. The molecule has 2 N–H and O–H groups in total. The monoisotopic (exact) mass is 247 g/mol. The maximum absolute atomic E-state index is 11.6. The first-order chi connectivity index (χ1) is 8.70. The Labute approximate surface area is 103 Å². The van der Waals surface area contributed by atoms with Gasteiger partial charge in [0.1, 0.15) is 12.1 Å². The van der Waals surface area contributed by atoms with Crippen LogP contribution in [-0.4, -0.2) is 33.5 Å². The van der Waals surface area contributed by atoms with Crippen LogP contribution < -0.4 is 10.6 Å². The zero-order chi connectivity index (χ0) is 13.0. The number of carbonyl (C=O) groups excluding carboxylic acids is 2. The minimum Gasteiger partial charge on any atom is -0.338 e. The lowest BCUT2D eigenvalue weighted by Crippen LogP contribution is -2.40. The molecule has 0 spiro atoms. The Hall–Kier alpha value is -2.44. The Balaban J connectivity index is 2.05. The second kappa shape index (κ2) is 5.26. The highest BCUT2D eigenvalue weighted by molar-refractivity contribution is 5.94. The van der Waals surface area contributed by atoms with E-state index in [0.717, 1.165) is 5.52 Å². The Kier molecular flexibility index (Phi) is 3.52. The summed E-state index contributed by atoms with van der Waals surface area (Å²) in [7, 11) is 0. The van der Waals surface area contributed by atoms with Crippen LogP contribution in [0.4, 0.5) is 4.79 Å². The maximum Gasteiger partial charge on any atom is 0.321 e. The van der Waals surface area contributed by atoms with Crippen molar-refractivity contribution in [1.82, 2.24) is 25.6 Å². The number of carbonyl (C=O) groups is 2. The lowest BCUT2D eigenvalue weighted by Gasteiger charge is -2.04. The van der Waals surface area contributed by atoms with Crippen LogP contribution in [0.15, 0.2) is 24.3 Å². The van der Waals surface area contributed by atoms with E-state index in [1.54, 1.807) is 13.0 Å². The van der Waals surface area contributed by atoms with Gasteiger partial charge in [-0.3, -0.25) is 10.1 Å². The van der Waals surface area contributed by atoms with Gasteiger partial charge in [0.15, 0.2) is 0 Å². The summed E-state index contributed by atoms with van der Waals surface area (Å²) in [6.45, 7) is 2.19. The summed E-state index contributed by atoms with van der Waals surface area (Å²) in [6.07, 6.45) is 0. The Morgan fingerprint density at radius 2 is 2.11 bits per heavy atom. The van der Waals surface area contributed by atoms with E-state index in [-0.39, 0.29) is 6.54 Å². The van der Waals surface area contributed by atoms with Gasteiger partial charge in [-0.15, -0.1) is 5.10 Å². The number of imide groups is 1. The first-order valence-electron chi connectivity index (χ1n) is 5.56. The van der Waals surface area contributed by atoms with Crippen molar-refractivity contribution in [3.63, 3.8) is 0 Å². The summed E-state index contributed by atoms with van der Waals surface area (Å²) in [6, 6.07) is 6.79. The number of nitrogens with one attached hydrogen (secondary N) is 2. The molecule has 0 saturated carbocycles. The molecule has 0 atom stereocenters. The number of rotatable bonds is 3. The first kappa shape index (κ1) is 12.0. The first-order valence-corrected chi connectivity index (χ1v) is 5.56. The van der Waals surface area contributed by atoms with E-state index >= 15 is 0 Å². The Morgan fingerprint density at radius 3 is 2.89 bits per heavy atom. The van der Waals surface area contributed by atoms with E-state index in [2.05, 4.69) is 20.9 Å². The van der Waals surface area contributed by atoms with Crippen molar-refractivity contribution < 1.29 is 9.59 Å². The minimum absolute atomic E-state index is 0.0440. The molecule has 18 heavy (non-hydrogen) atoms. The predicted molar refractivity (Wildman–Crippen MR) is 64.7 cm³/mol. The largest absolute Gasteiger partial charge is 0.338 e. The third-order valence-corrected chi connectivity index (χ3v) is 2.30. The molecular weight excluding hydrogens is 234 g/mol. The lowest BCUT2D eigenvalue weighted by molar-refractivity contribution is -0.120. The topological polar surface area (TPSA) is 88.9 Å². The smallest absolute Gasteiger partial charge is 0.321 e. The number of amides is 3. The number of nitrogens with zero attached hydrogens (tertiary/aromatic N) is 3. The van der Waals surface area contributed by atoms with E-state index < -0.39 is 11.9 Å². The van der Waals surface area contributed by atoms with E-state index in [1.165, 1.54) is 4.68 Å². The van der Waals surface area contributed by atoms with E-state index in [9.17, 15) is 9.59 Å². The molecule has 2 rings (SSSR count). The molecule has 2 aromatic rings. The summed E-state index contributed by atoms with van der Waals surface area (Å²) < 4.78 is 1.45. The van der Waals surface area contributed by atoms with Crippen LogP contribution in [0.3, 0.4) is 0 Å². The van der Waals surface area contributed by atoms with Crippen LogP contribution in [-0.2, 0) is 11.3 Å². The summed E-state index contributed by atoms with van der Waals surface area (Å²) in [5, 5.41) is 12.5. The number of aromatic nitrogens is 3. The lowest BCUT2D eigenvalue weighted by atomic mass is 10.3. The molecule has 94 valence electrons. The number of urea groups is 1. The summed E-state index contributed by atoms with van der Waals surface area (Å²) in [5.41, 5.74) is 1.46. The number of benzene rings is 1. The molecule has 0 aliphatic heterocycles. The molecule has 0 radical (unpaired) electrons. The molecule has 0 aliphatic carbocycles. The van der Waals surface area contributed by atoms with Crippen molar-refractivity contribution in [3.8, 4) is 0 Å². The second-order valence-electron chi connectivity index (χ2n) is 3.64. The van der Waals surface area contributed by atoms with Crippen LogP contribution in [0.1, 0.15) is 6.92 Å². The van der Waals surface area contributed by atoms with Crippen LogP contribution in [0.5, 0.6) is 0 Å². The third kappa shape index (κ3) is 2.62. The maximum atomic E-state index is 11.6. The van der Waals surface area contributed by atoms with Gasteiger partial charge >= 0.3 is 6.03 Å². The molecular formula is C11H13N5O2. The number of para-hydroxylation sites is 1. The second-order valence-corrected chi connectivity index (χ2v) is 3.64. The summed E-state index contributed by atoms with van der Waals surface area (Å²) in [4.78, 5) is 22.7. The predicted octanol–water partition coefficient (Wildman–Crippen LogP) is 0.277. The zero-order valence-electron chi connectivity index (χ0n) is 9.88. The van der Waals surface area contributed by atoms with Gasteiger partial charge in [-0.1, -0.05) is 17.3 Å². The van der Waals surface area contributed by atoms with Gasteiger partial charge in [0.2, 0.25) is 5.91 Å². The van der Waals surface area contributed by atoms with Gasteiger partial charge in [-0.2, -0.15) is 0 Å². The molecule has 7 nitrogen and oxygen atoms in total. The fourth-order valence-electron chi connectivity index (χ4n) is 1.54. The number of hydrogen-bond donors (Lipinski definition) is 2. The summed E-state index contributed by atoms with van der Waals surface area (Å²) in [5.74, 6) is -0.434. The molecule has 0 bridgehead atoms. The van der Waals surface area contributed by atoms with Crippen molar-refractivity contribution in [2.45, 2.75) is 13.5 Å². The van der Waals surface area contributed by atoms with Gasteiger partial charge in [-0.25, -0.2) is 9.48 Å². The highest BCUT2D eigenvalue weighted by Gasteiger charge is 2.10.